The Bertz CT molecular complexity index is 827. The number of likely N-dealkylation sites (tertiary alicyclic amines) is 1. The quantitative estimate of drug-likeness (QED) is 0.838. The first-order valence-electron chi connectivity index (χ1n) is 9.94. The molecule has 5 nitrogen and oxygen atoms in total. The molecule has 2 aromatic rings. The fraction of sp³-hybridized carbons (Fsp3) is 0.500. The van der Waals surface area contributed by atoms with Crippen LogP contribution >= 0.6 is 0 Å². The molecule has 1 aromatic carbocycles. The first kappa shape index (κ1) is 18.0. The molecule has 0 unspecified atom stereocenters. The number of hydrogen-bond donors (Lipinski definition) is 0. The molecule has 2 aliphatic heterocycles. The monoisotopic (exact) mass is 364 g/mol. The number of aryl methyl sites for hydroxylation is 2. The van der Waals surface area contributed by atoms with Gasteiger partial charge in [0, 0.05) is 37.4 Å². The molecule has 142 valence electrons. The van der Waals surface area contributed by atoms with E-state index in [0.717, 1.165) is 56.0 Å². The lowest BCUT2D eigenvalue weighted by atomic mass is 9.81. The van der Waals surface area contributed by atoms with Gasteiger partial charge in [0.1, 0.15) is 11.6 Å². The van der Waals surface area contributed by atoms with Crippen LogP contribution in [0.1, 0.15) is 49.1 Å². The maximum atomic E-state index is 13.0. The summed E-state index contributed by atoms with van der Waals surface area (Å²) in [5.74, 6) is 2.16. The Morgan fingerprint density at radius 3 is 2.56 bits per heavy atom. The van der Waals surface area contributed by atoms with Crippen molar-refractivity contribution in [2.45, 2.75) is 51.0 Å². The Morgan fingerprint density at radius 1 is 1.19 bits per heavy atom. The minimum absolute atomic E-state index is 0.00440. The van der Waals surface area contributed by atoms with Crippen molar-refractivity contribution in [3.63, 3.8) is 0 Å². The smallest absolute Gasteiger partial charge is 0.230 e. The van der Waals surface area contributed by atoms with Gasteiger partial charge in [-0.05, 0) is 38.2 Å². The van der Waals surface area contributed by atoms with Crippen molar-refractivity contribution in [3.05, 3.63) is 53.5 Å². The van der Waals surface area contributed by atoms with Crippen LogP contribution < -0.4 is 4.90 Å². The molecular formula is C22H28N4O. The van der Waals surface area contributed by atoms with Gasteiger partial charge in [-0.3, -0.25) is 4.79 Å². The molecule has 1 spiro atoms. The van der Waals surface area contributed by atoms with Crippen molar-refractivity contribution < 1.29 is 4.79 Å². The highest BCUT2D eigenvalue weighted by molar-refractivity contribution is 5.87. The highest BCUT2D eigenvalue weighted by Gasteiger charge is 2.50. The van der Waals surface area contributed by atoms with E-state index in [2.05, 4.69) is 28.9 Å². The Morgan fingerprint density at radius 2 is 1.89 bits per heavy atom. The fourth-order valence-electron chi connectivity index (χ4n) is 4.70. The molecule has 0 aliphatic carbocycles. The van der Waals surface area contributed by atoms with Crippen molar-refractivity contribution in [1.29, 1.82) is 0 Å². The third kappa shape index (κ3) is 3.09. The number of aromatic nitrogens is 2. The lowest BCUT2D eigenvalue weighted by molar-refractivity contribution is -0.131. The van der Waals surface area contributed by atoms with Crippen LogP contribution in [0.25, 0.3) is 0 Å². The Hall–Kier alpha value is -2.43. The minimum atomic E-state index is -0.0253. The summed E-state index contributed by atoms with van der Waals surface area (Å²) in [6.45, 7) is 5.96. The normalized spacial score (nSPS) is 21.9. The van der Waals surface area contributed by atoms with Gasteiger partial charge in [-0.1, -0.05) is 37.3 Å². The van der Waals surface area contributed by atoms with Crippen molar-refractivity contribution in [3.8, 4) is 0 Å². The third-order valence-electron chi connectivity index (χ3n) is 6.46. The number of nitrogens with zero attached hydrogens (tertiary/aromatic N) is 4. The number of carbonyl (C=O) groups excluding carboxylic acids is 1. The summed E-state index contributed by atoms with van der Waals surface area (Å²) in [6, 6.07) is 10.2. The Balaban J connectivity index is 1.53. The van der Waals surface area contributed by atoms with Gasteiger partial charge in [-0.15, -0.1) is 0 Å². The Labute approximate surface area is 161 Å². The maximum absolute atomic E-state index is 13.0. The molecule has 1 aromatic heterocycles. The van der Waals surface area contributed by atoms with Crippen LogP contribution in [0.3, 0.4) is 0 Å². The topological polar surface area (TPSA) is 49.3 Å². The van der Waals surface area contributed by atoms with E-state index in [1.807, 2.05) is 43.3 Å². The molecule has 1 atom stereocenters. The number of rotatable bonds is 3. The molecule has 27 heavy (non-hydrogen) atoms. The molecule has 5 heteroatoms. The zero-order valence-corrected chi connectivity index (χ0v) is 16.5. The number of benzene rings is 1. The molecule has 4 rings (SSSR count). The third-order valence-corrected chi connectivity index (χ3v) is 6.46. The van der Waals surface area contributed by atoms with Gasteiger partial charge >= 0.3 is 0 Å². The number of piperidine rings is 1. The largest absolute Gasteiger partial charge is 0.356 e. The van der Waals surface area contributed by atoms with E-state index in [-0.39, 0.29) is 17.4 Å². The first-order valence-corrected chi connectivity index (χ1v) is 9.94. The molecule has 3 heterocycles. The standard InChI is InChI=1S/C22H28N4O/c1-4-17-15-23-16(2)24-20(17)26-12-10-22(11-13-26)14-19(21(27)25(22)3)18-8-6-5-7-9-18/h5-9,15,19H,4,10-14H2,1-3H3/t19-/m0/s1. The van der Waals surface area contributed by atoms with Crippen molar-refractivity contribution in [2.75, 3.05) is 25.0 Å². The van der Waals surface area contributed by atoms with Crippen LogP contribution in [0.2, 0.25) is 0 Å². The van der Waals surface area contributed by atoms with Gasteiger partial charge in [0.05, 0.1) is 5.92 Å². The molecule has 2 saturated heterocycles. The second kappa shape index (κ2) is 6.95. The summed E-state index contributed by atoms with van der Waals surface area (Å²) in [5.41, 5.74) is 2.32. The van der Waals surface area contributed by atoms with Gasteiger partial charge in [-0.2, -0.15) is 0 Å². The van der Waals surface area contributed by atoms with Crippen LogP contribution in [-0.2, 0) is 11.2 Å². The SMILES string of the molecule is CCc1cnc(C)nc1N1CCC2(CC1)C[C@@H](c1ccccc1)C(=O)N2C. The maximum Gasteiger partial charge on any atom is 0.230 e. The predicted molar refractivity (Wildman–Crippen MR) is 107 cm³/mol. The molecule has 2 fully saturated rings. The highest BCUT2D eigenvalue weighted by Crippen LogP contribution is 2.45. The highest BCUT2D eigenvalue weighted by atomic mass is 16.2. The fourth-order valence-corrected chi connectivity index (χ4v) is 4.70. The molecule has 0 bridgehead atoms. The summed E-state index contributed by atoms with van der Waals surface area (Å²) in [7, 11) is 1.99. The summed E-state index contributed by atoms with van der Waals surface area (Å²) in [5, 5.41) is 0. The Kier molecular flexibility index (Phi) is 4.62. The van der Waals surface area contributed by atoms with Crippen LogP contribution in [-0.4, -0.2) is 46.5 Å². The zero-order chi connectivity index (χ0) is 19.0. The first-order chi connectivity index (χ1) is 13.0. The minimum Gasteiger partial charge on any atom is -0.356 e. The van der Waals surface area contributed by atoms with Crippen molar-refractivity contribution >= 4 is 11.7 Å². The van der Waals surface area contributed by atoms with Crippen LogP contribution in [0, 0.1) is 6.92 Å². The predicted octanol–water partition coefficient (Wildman–Crippen LogP) is 3.33. The van der Waals surface area contributed by atoms with E-state index in [4.69, 9.17) is 4.98 Å². The number of anilines is 1. The van der Waals surface area contributed by atoms with E-state index in [0.29, 0.717) is 0 Å². The number of hydrogen-bond acceptors (Lipinski definition) is 4. The number of amides is 1. The molecule has 2 aliphatic rings. The van der Waals surface area contributed by atoms with Gasteiger partial charge in [0.15, 0.2) is 0 Å². The van der Waals surface area contributed by atoms with Crippen molar-refractivity contribution in [1.82, 2.24) is 14.9 Å². The second-order valence-electron chi connectivity index (χ2n) is 7.90. The molecular weight excluding hydrogens is 336 g/mol. The van der Waals surface area contributed by atoms with E-state index in [1.165, 1.54) is 5.56 Å². The van der Waals surface area contributed by atoms with Gasteiger partial charge < -0.3 is 9.80 Å². The summed E-state index contributed by atoms with van der Waals surface area (Å²) >= 11 is 0. The molecule has 0 N–H and O–H groups in total. The van der Waals surface area contributed by atoms with Gasteiger partial charge in [0.25, 0.3) is 0 Å². The summed E-state index contributed by atoms with van der Waals surface area (Å²) in [4.78, 5) is 26.4. The van der Waals surface area contributed by atoms with E-state index in [1.54, 1.807) is 0 Å². The number of carbonyl (C=O) groups is 1. The van der Waals surface area contributed by atoms with Crippen LogP contribution in [0.4, 0.5) is 5.82 Å². The molecule has 1 amide bonds. The second-order valence-corrected chi connectivity index (χ2v) is 7.90. The van der Waals surface area contributed by atoms with Gasteiger partial charge in [0.2, 0.25) is 5.91 Å². The van der Waals surface area contributed by atoms with Gasteiger partial charge in [-0.25, -0.2) is 9.97 Å². The van der Waals surface area contributed by atoms with E-state index >= 15 is 0 Å². The number of likely N-dealkylation sites (N-methyl/N-ethyl adjacent to an activating group) is 1. The van der Waals surface area contributed by atoms with E-state index < -0.39 is 0 Å². The van der Waals surface area contributed by atoms with E-state index in [9.17, 15) is 4.79 Å². The van der Waals surface area contributed by atoms with Crippen LogP contribution in [0.15, 0.2) is 36.5 Å². The lowest BCUT2D eigenvalue weighted by Crippen LogP contribution is -2.52. The summed E-state index contributed by atoms with van der Waals surface area (Å²) in [6.07, 6.45) is 5.80. The average molecular weight is 364 g/mol. The molecule has 0 radical (unpaired) electrons. The van der Waals surface area contributed by atoms with Crippen LogP contribution in [0.5, 0.6) is 0 Å². The lowest BCUT2D eigenvalue weighted by Gasteiger charge is -2.44. The average Bonchev–Trinajstić information content (AvgIpc) is 2.94. The molecule has 0 saturated carbocycles. The summed E-state index contributed by atoms with van der Waals surface area (Å²) < 4.78 is 0. The zero-order valence-electron chi connectivity index (χ0n) is 16.5. The van der Waals surface area contributed by atoms with Crippen molar-refractivity contribution in [2.24, 2.45) is 0 Å².